The van der Waals surface area contributed by atoms with E-state index in [1.54, 1.807) is 6.92 Å². The molecule has 6 heteroatoms. The van der Waals surface area contributed by atoms with Gasteiger partial charge in [-0.25, -0.2) is 4.98 Å². The van der Waals surface area contributed by atoms with E-state index in [1.807, 2.05) is 60.9 Å². The van der Waals surface area contributed by atoms with Gasteiger partial charge in [0.1, 0.15) is 6.54 Å². The lowest BCUT2D eigenvalue weighted by molar-refractivity contribution is -0.116. The fourth-order valence-corrected chi connectivity index (χ4v) is 2.83. The van der Waals surface area contributed by atoms with Crippen molar-refractivity contribution < 1.29 is 9.90 Å². The van der Waals surface area contributed by atoms with E-state index in [0.717, 1.165) is 27.8 Å². The average molecular weight is 352 g/mol. The van der Waals surface area contributed by atoms with Gasteiger partial charge in [-0.2, -0.15) is 0 Å². The van der Waals surface area contributed by atoms with Crippen LogP contribution < -0.4 is 10.6 Å². The number of para-hydroxylation sites is 2. The second-order valence-corrected chi connectivity index (χ2v) is 6.54. The summed E-state index contributed by atoms with van der Waals surface area (Å²) in [4.78, 5) is 17.2. The lowest BCUT2D eigenvalue weighted by Gasteiger charge is -2.13. The quantitative estimate of drug-likeness (QED) is 0.637. The molecule has 0 fully saturated rings. The number of aliphatic hydroxyl groups is 1. The van der Waals surface area contributed by atoms with Gasteiger partial charge in [-0.3, -0.25) is 4.79 Å². The number of carbonyl (C=O) groups excluding carboxylic acids is 1. The lowest BCUT2D eigenvalue weighted by atomic mass is 10.1. The molecule has 136 valence electrons. The first kappa shape index (κ1) is 17.9. The van der Waals surface area contributed by atoms with E-state index >= 15 is 0 Å². The maximum Gasteiger partial charge on any atom is 0.244 e. The maximum absolute atomic E-state index is 12.6. The van der Waals surface area contributed by atoms with Crippen molar-refractivity contribution in [3.05, 3.63) is 53.6 Å². The number of aryl methyl sites for hydroxylation is 1. The lowest BCUT2D eigenvalue weighted by Crippen LogP contribution is -2.23. The Morgan fingerprint density at radius 3 is 2.73 bits per heavy atom. The molecule has 3 rings (SSSR count). The number of hydrogen-bond acceptors (Lipinski definition) is 4. The Kier molecular flexibility index (Phi) is 5.23. The SMILES string of the molecule is Cc1cccc(NC(=O)Cn2c(NCC(C)O)nc3ccccc32)c1C. The van der Waals surface area contributed by atoms with Crippen LogP contribution in [-0.4, -0.2) is 33.2 Å². The van der Waals surface area contributed by atoms with Crippen molar-refractivity contribution in [3.8, 4) is 0 Å². The van der Waals surface area contributed by atoms with Crippen molar-refractivity contribution in [2.45, 2.75) is 33.4 Å². The standard InChI is InChI=1S/C20H24N4O2/c1-13-7-6-9-16(15(13)3)22-19(26)12-24-18-10-5-4-8-17(18)23-20(24)21-11-14(2)25/h4-10,14,25H,11-12H2,1-3H3,(H,21,23)(H,22,26). The summed E-state index contributed by atoms with van der Waals surface area (Å²) in [7, 11) is 0. The third kappa shape index (κ3) is 3.86. The minimum Gasteiger partial charge on any atom is -0.392 e. The molecule has 6 nitrogen and oxygen atoms in total. The van der Waals surface area contributed by atoms with Crippen LogP contribution in [0.4, 0.5) is 11.6 Å². The van der Waals surface area contributed by atoms with Crippen LogP contribution in [0.25, 0.3) is 11.0 Å². The van der Waals surface area contributed by atoms with Crippen LogP contribution in [-0.2, 0) is 11.3 Å². The number of amides is 1. The number of aliphatic hydroxyl groups excluding tert-OH is 1. The molecule has 3 aromatic rings. The normalized spacial score (nSPS) is 12.2. The smallest absolute Gasteiger partial charge is 0.244 e. The van der Waals surface area contributed by atoms with Gasteiger partial charge in [0.05, 0.1) is 17.1 Å². The fraction of sp³-hybridized carbons (Fsp3) is 0.300. The molecule has 1 unspecified atom stereocenters. The Morgan fingerprint density at radius 1 is 1.19 bits per heavy atom. The highest BCUT2D eigenvalue weighted by Gasteiger charge is 2.14. The van der Waals surface area contributed by atoms with Crippen LogP contribution in [0, 0.1) is 13.8 Å². The summed E-state index contributed by atoms with van der Waals surface area (Å²) in [6.07, 6.45) is -0.507. The summed E-state index contributed by atoms with van der Waals surface area (Å²) in [6.45, 7) is 6.21. The van der Waals surface area contributed by atoms with Crippen LogP contribution >= 0.6 is 0 Å². The van der Waals surface area contributed by atoms with Crippen molar-refractivity contribution in [2.75, 3.05) is 17.2 Å². The van der Waals surface area contributed by atoms with E-state index in [9.17, 15) is 9.90 Å². The van der Waals surface area contributed by atoms with Gasteiger partial charge in [-0.05, 0) is 50.1 Å². The third-order valence-corrected chi connectivity index (χ3v) is 4.39. The molecule has 0 saturated heterocycles. The Balaban J connectivity index is 1.85. The van der Waals surface area contributed by atoms with Gasteiger partial charge in [-0.1, -0.05) is 24.3 Å². The van der Waals surface area contributed by atoms with Crippen LogP contribution in [0.15, 0.2) is 42.5 Å². The van der Waals surface area contributed by atoms with Crippen LogP contribution in [0.3, 0.4) is 0 Å². The first-order chi connectivity index (χ1) is 12.5. The molecule has 1 amide bonds. The second-order valence-electron chi connectivity index (χ2n) is 6.54. The molecule has 0 aliphatic carbocycles. The first-order valence-corrected chi connectivity index (χ1v) is 8.69. The molecule has 0 spiro atoms. The molecule has 0 saturated carbocycles. The maximum atomic E-state index is 12.6. The Bertz CT molecular complexity index is 931. The van der Waals surface area contributed by atoms with Gasteiger partial charge >= 0.3 is 0 Å². The summed E-state index contributed by atoms with van der Waals surface area (Å²) in [5.41, 5.74) is 4.69. The van der Waals surface area contributed by atoms with Gasteiger partial charge in [-0.15, -0.1) is 0 Å². The predicted octanol–water partition coefficient (Wildman–Crippen LogP) is 3.08. The predicted molar refractivity (Wildman–Crippen MR) is 104 cm³/mol. The third-order valence-electron chi connectivity index (χ3n) is 4.39. The van der Waals surface area contributed by atoms with Crippen LogP contribution in [0.5, 0.6) is 0 Å². The number of carbonyl (C=O) groups is 1. The van der Waals surface area contributed by atoms with Crippen molar-refractivity contribution in [3.63, 3.8) is 0 Å². The van der Waals surface area contributed by atoms with Gasteiger partial charge < -0.3 is 20.3 Å². The zero-order chi connectivity index (χ0) is 18.7. The Labute approximate surface area is 152 Å². The van der Waals surface area contributed by atoms with Crippen molar-refractivity contribution in [1.82, 2.24) is 9.55 Å². The second kappa shape index (κ2) is 7.58. The minimum absolute atomic E-state index is 0.123. The summed E-state index contributed by atoms with van der Waals surface area (Å²) in [6, 6.07) is 13.5. The highest BCUT2D eigenvalue weighted by molar-refractivity contribution is 5.93. The van der Waals surface area contributed by atoms with E-state index in [4.69, 9.17) is 0 Å². The number of nitrogens with zero attached hydrogens (tertiary/aromatic N) is 2. The fourth-order valence-electron chi connectivity index (χ4n) is 2.83. The number of hydrogen-bond donors (Lipinski definition) is 3. The van der Waals surface area contributed by atoms with Gasteiger partial charge in [0, 0.05) is 12.2 Å². The number of anilines is 2. The topological polar surface area (TPSA) is 79.2 Å². The molecule has 0 bridgehead atoms. The summed E-state index contributed by atoms with van der Waals surface area (Å²) in [5, 5.41) is 15.6. The van der Waals surface area contributed by atoms with E-state index < -0.39 is 6.10 Å². The number of imidazole rings is 1. The number of fused-ring (bicyclic) bond motifs is 1. The molecular weight excluding hydrogens is 328 g/mol. The van der Waals surface area contributed by atoms with Gasteiger partial charge in [0.15, 0.2) is 0 Å². The Hall–Kier alpha value is -2.86. The molecule has 0 aliphatic rings. The molecule has 3 N–H and O–H groups in total. The van der Waals surface area contributed by atoms with E-state index in [2.05, 4.69) is 15.6 Å². The van der Waals surface area contributed by atoms with Crippen LogP contribution in [0.1, 0.15) is 18.1 Å². The monoisotopic (exact) mass is 352 g/mol. The molecule has 1 heterocycles. The summed E-state index contributed by atoms with van der Waals surface area (Å²) >= 11 is 0. The summed E-state index contributed by atoms with van der Waals surface area (Å²) < 4.78 is 1.83. The molecule has 1 atom stereocenters. The number of rotatable bonds is 6. The zero-order valence-corrected chi connectivity index (χ0v) is 15.3. The number of benzene rings is 2. The highest BCUT2D eigenvalue weighted by atomic mass is 16.3. The molecule has 1 aromatic heterocycles. The largest absolute Gasteiger partial charge is 0.392 e. The van der Waals surface area contributed by atoms with Crippen LogP contribution in [0.2, 0.25) is 0 Å². The Morgan fingerprint density at radius 2 is 1.96 bits per heavy atom. The highest BCUT2D eigenvalue weighted by Crippen LogP contribution is 2.21. The van der Waals surface area contributed by atoms with Gasteiger partial charge in [0.2, 0.25) is 11.9 Å². The van der Waals surface area contributed by atoms with E-state index in [-0.39, 0.29) is 12.5 Å². The zero-order valence-electron chi connectivity index (χ0n) is 15.3. The molecule has 26 heavy (non-hydrogen) atoms. The number of nitrogens with one attached hydrogen (secondary N) is 2. The van der Waals surface area contributed by atoms with E-state index in [1.165, 1.54) is 0 Å². The summed E-state index contributed by atoms with van der Waals surface area (Å²) in [5.74, 6) is 0.449. The molecule has 0 radical (unpaired) electrons. The molecule has 0 aliphatic heterocycles. The minimum atomic E-state index is -0.507. The number of aromatic nitrogens is 2. The molecular formula is C20H24N4O2. The van der Waals surface area contributed by atoms with Crippen molar-refractivity contribution in [1.29, 1.82) is 0 Å². The van der Waals surface area contributed by atoms with Gasteiger partial charge in [0.25, 0.3) is 0 Å². The molecule has 2 aromatic carbocycles. The van der Waals surface area contributed by atoms with Crippen molar-refractivity contribution >= 4 is 28.6 Å². The first-order valence-electron chi connectivity index (χ1n) is 8.69. The van der Waals surface area contributed by atoms with Crippen molar-refractivity contribution in [2.24, 2.45) is 0 Å². The average Bonchev–Trinajstić information content (AvgIpc) is 2.95. The van der Waals surface area contributed by atoms with E-state index in [0.29, 0.717) is 12.5 Å².